The number of nitrogens with two attached hydrogens (primary N) is 1. The number of phosphoric acid groups is 1. The quantitative estimate of drug-likeness (QED) is 0.0554. The van der Waals surface area contributed by atoms with Crippen molar-refractivity contribution < 1.29 is 33.1 Å². The van der Waals surface area contributed by atoms with Gasteiger partial charge in [-0.15, -0.1) is 0 Å². The fourth-order valence-corrected chi connectivity index (χ4v) is 3.69. The van der Waals surface area contributed by atoms with Crippen molar-refractivity contribution in [1.82, 2.24) is 0 Å². The van der Waals surface area contributed by atoms with Crippen LogP contribution in [0.4, 0.5) is 0 Å². The van der Waals surface area contributed by atoms with Gasteiger partial charge in [-0.1, -0.05) is 79.8 Å². The van der Waals surface area contributed by atoms with E-state index in [0.29, 0.717) is 6.42 Å². The summed E-state index contributed by atoms with van der Waals surface area (Å²) in [5.74, 6) is -0.494. The van der Waals surface area contributed by atoms with Gasteiger partial charge in [-0.2, -0.15) is 0 Å². The van der Waals surface area contributed by atoms with Crippen LogP contribution in [0, 0.1) is 0 Å². The average Bonchev–Trinajstić information content (AvgIpc) is 2.90. The number of aliphatic hydroxyl groups is 1. The van der Waals surface area contributed by atoms with Crippen molar-refractivity contribution in [2.45, 2.75) is 77.2 Å². The zero-order chi connectivity index (χ0) is 28.2. The lowest BCUT2D eigenvalue weighted by molar-refractivity contribution is -0.153. The fourth-order valence-electron chi connectivity index (χ4n) is 2.92. The molecule has 0 aliphatic carbocycles. The lowest BCUT2D eigenvalue weighted by Crippen LogP contribution is -2.27. The molecular formula is C29H48NO7P. The molecule has 0 spiro atoms. The summed E-state index contributed by atoms with van der Waals surface area (Å²) in [6.45, 7) is 1.08. The second-order valence-corrected chi connectivity index (χ2v) is 9.80. The molecule has 216 valence electrons. The van der Waals surface area contributed by atoms with E-state index < -0.39 is 33.1 Å². The maximum Gasteiger partial charge on any atom is 0.472 e. The van der Waals surface area contributed by atoms with E-state index in [4.69, 9.17) is 15.0 Å². The highest BCUT2D eigenvalue weighted by atomic mass is 31.2. The van der Waals surface area contributed by atoms with Gasteiger partial charge in [0.05, 0.1) is 19.8 Å². The normalized spacial score (nSPS) is 15.2. The summed E-state index contributed by atoms with van der Waals surface area (Å²) in [6, 6.07) is 0. The topological polar surface area (TPSA) is 128 Å². The van der Waals surface area contributed by atoms with Crippen LogP contribution in [0.3, 0.4) is 0 Å². The lowest BCUT2D eigenvalue weighted by Gasteiger charge is -2.17. The molecule has 38 heavy (non-hydrogen) atoms. The Kier molecular flexibility index (Phi) is 25.1. The van der Waals surface area contributed by atoms with Crippen LogP contribution in [-0.2, 0) is 23.1 Å². The van der Waals surface area contributed by atoms with E-state index in [1.165, 1.54) is 0 Å². The maximum absolute atomic E-state index is 11.9. The number of esters is 1. The summed E-state index contributed by atoms with van der Waals surface area (Å²) in [6.07, 6.45) is 33.3. The van der Waals surface area contributed by atoms with E-state index in [2.05, 4.69) is 84.4 Å². The van der Waals surface area contributed by atoms with E-state index in [1.54, 1.807) is 0 Å². The first-order valence-corrected chi connectivity index (χ1v) is 15.0. The van der Waals surface area contributed by atoms with Gasteiger partial charge in [0.2, 0.25) is 0 Å². The van der Waals surface area contributed by atoms with Crippen molar-refractivity contribution in [2.75, 3.05) is 26.4 Å². The van der Waals surface area contributed by atoms with Gasteiger partial charge in [0.25, 0.3) is 0 Å². The number of aliphatic hydroxyl groups excluding tert-OH is 1. The third-order valence-corrected chi connectivity index (χ3v) is 5.88. The molecule has 2 atom stereocenters. The third kappa shape index (κ3) is 25.6. The molecule has 0 bridgehead atoms. The van der Waals surface area contributed by atoms with E-state index in [-0.39, 0.29) is 19.6 Å². The Morgan fingerprint density at radius 3 is 1.79 bits per heavy atom. The van der Waals surface area contributed by atoms with Gasteiger partial charge in [-0.3, -0.25) is 13.8 Å². The fraction of sp³-hybridized carbons (Fsp3) is 0.552. The zero-order valence-electron chi connectivity index (χ0n) is 22.9. The number of hydrogen-bond acceptors (Lipinski definition) is 7. The molecule has 0 aromatic heterocycles. The van der Waals surface area contributed by atoms with Crippen molar-refractivity contribution in [3.63, 3.8) is 0 Å². The molecule has 0 radical (unpaired) electrons. The Hall–Kier alpha value is -2.06. The number of unbranched alkanes of at least 4 members (excludes halogenated alkanes) is 2. The number of allylic oxidation sites excluding steroid dienone is 12. The summed E-state index contributed by atoms with van der Waals surface area (Å²) in [5, 5.41) is 9.28. The second-order valence-electron chi connectivity index (χ2n) is 8.34. The summed E-state index contributed by atoms with van der Waals surface area (Å²) in [5.41, 5.74) is 5.19. The van der Waals surface area contributed by atoms with Crippen LogP contribution in [0.25, 0.3) is 0 Å². The molecule has 0 aliphatic rings. The predicted octanol–water partition coefficient (Wildman–Crippen LogP) is 6.24. The molecule has 0 aromatic carbocycles. The van der Waals surface area contributed by atoms with Crippen molar-refractivity contribution in [3.8, 4) is 0 Å². The van der Waals surface area contributed by atoms with Crippen LogP contribution in [0.1, 0.15) is 71.1 Å². The molecule has 0 heterocycles. The molecule has 0 amide bonds. The summed E-state index contributed by atoms with van der Waals surface area (Å²) < 4.78 is 25.9. The van der Waals surface area contributed by atoms with E-state index in [9.17, 15) is 19.4 Å². The van der Waals surface area contributed by atoms with Crippen molar-refractivity contribution >= 4 is 13.8 Å². The number of carbonyl (C=O) groups excluding carboxylic acids is 1. The van der Waals surface area contributed by atoms with Gasteiger partial charge in [0.15, 0.2) is 0 Å². The smallest absolute Gasteiger partial charge is 0.457 e. The Morgan fingerprint density at radius 1 is 0.816 bits per heavy atom. The number of carbonyl (C=O) groups is 1. The highest BCUT2D eigenvalue weighted by molar-refractivity contribution is 7.47. The predicted molar refractivity (Wildman–Crippen MR) is 154 cm³/mol. The van der Waals surface area contributed by atoms with E-state index in [0.717, 1.165) is 51.4 Å². The second kappa shape index (κ2) is 26.5. The summed E-state index contributed by atoms with van der Waals surface area (Å²) in [7, 11) is -4.28. The Labute approximate surface area is 229 Å². The van der Waals surface area contributed by atoms with Crippen LogP contribution < -0.4 is 5.73 Å². The van der Waals surface area contributed by atoms with Gasteiger partial charge in [-0.25, -0.2) is 4.57 Å². The highest BCUT2D eigenvalue weighted by Crippen LogP contribution is 2.42. The van der Waals surface area contributed by atoms with Gasteiger partial charge in [0.1, 0.15) is 6.10 Å². The Balaban J connectivity index is 3.79. The first-order chi connectivity index (χ1) is 18.4. The molecule has 0 saturated carbocycles. The van der Waals surface area contributed by atoms with Gasteiger partial charge in [0, 0.05) is 13.0 Å². The number of rotatable bonds is 24. The van der Waals surface area contributed by atoms with Crippen LogP contribution >= 0.6 is 7.82 Å². The summed E-state index contributed by atoms with van der Waals surface area (Å²) in [4.78, 5) is 21.3. The van der Waals surface area contributed by atoms with Crippen molar-refractivity contribution in [2.24, 2.45) is 5.73 Å². The Morgan fingerprint density at radius 2 is 1.32 bits per heavy atom. The molecule has 9 heteroatoms. The van der Waals surface area contributed by atoms with Gasteiger partial charge >= 0.3 is 13.8 Å². The Bertz CT molecular complexity index is 803. The zero-order valence-corrected chi connectivity index (χ0v) is 23.8. The minimum Gasteiger partial charge on any atom is -0.457 e. The standard InChI is InChI=1S/C29H48NO7P/c1-2-3-4-5-6-7-8-9-10-11-12-13-14-15-16-17-18-19-20-21-22-23-29(32)37-28(26-31)27-36-38(33,34)35-25-24-30/h3-4,6-7,9-10,12-13,15-16,18-19,28,31H,2,5,8,11,14,17,20-27,30H2,1H3,(H,33,34)/t28-/m1/s1. The minimum atomic E-state index is -4.28. The molecule has 0 aliphatic heterocycles. The largest absolute Gasteiger partial charge is 0.472 e. The molecule has 1 unspecified atom stereocenters. The third-order valence-electron chi connectivity index (χ3n) is 4.90. The average molecular weight is 554 g/mol. The first-order valence-electron chi connectivity index (χ1n) is 13.5. The lowest BCUT2D eigenvalue weighted by atomic mass is 10.2. The van der Waals surface area contributed by atoms with Crippen LogP contribution in [0.15, 0.2) is 72.9 Å². The number of hydrogen-bond donors (Lipinski definition) is 3. The summed E-state index contributed by atoms with van der Waals surface area (Å²) >= 11 is 0. The first kappa shape index (κ1) is 35.9. The molecule has 8 nitrogen and oxygen atoms in total. The molecular weight excluding hydrogens is 505 g/mol. The SMILES string of the molecule is CCC=CCC=CCC=CCC=CCC=CCC=CCCCCC(=O)O[C@H](CO)COP(=O)(O)OCCN. The van der Waals surface area contributed by atoms with Gasteiger partial charge < -0.3 is 20.5 Å². The van der Waals surface area contributed by atoms with E-state index >= 15 is 0 Å². The van der Waals surface area contributed by atoms with Crippen LogP contribution in [0.2, 0.25) is 0 Å². The molecule has 0 aromatic rings. The molecule has 0 fully saturated rings. The molecule has 4 N–H and O–H groups in total. The van der Waals surface area contributed by atoms with Crippen molar-refractivity contribution in [1.29, 1.82) is 0 Å². The van der Waals surface area contributed by atoms with Crippen molar-refractivity contribution in [3.05, 3.63) is 72.9 Å². The molecule has 0 rings (SSSR count). The monoisotopic (exact) mass is 553 g/mol. The molecule has 0 saturated heterocycles. The van der Waals surface area contributed by atoms with Crippen LogP contribution in [-0.4, -0.2) is 48.4 Å². The van der Waals surface area contributed by atoms with Gasteiger partial charge in [-0.05, 0) is 57.8 Å². The van der Waals surface area contributed by atoms with Crippen LogP contribution in [0.5, 0.6) is 0 Å². The number of phosphoric ester groups is 1. The minimum absolute atomic E-state index is 0.0604. The maximum atomic E-state index is 11.9. The highest BCUT2D eigenvalue weighted by Gasteiger charge is 2.24. The number of ether oxygens (including phenoxy) is 1. The van der Waals surface area contributed by atoms with E-state index in [1.807, 2.05) is 0 Å².